The number of anilines is 1. The van der Waals surface area contributed by atoms with Crippen LogP contribution in [0.25, 0.3) is 0 Å². The van der Waals surface area contributed by atoms with Crippen molar-refractivity contribution in [3.8, 4) is 5.88 Å². The molecule has 11 heteroatoms. The maximum Gasteiger partial charge on any atom is 0.514 e. The molecular weight excluding hydrogens is 448 g/mol. The fourth-order valence-corrected chi connectivity index (χ4v) is 5.77. The van der Waals surface area contributed by atoms with E-state index in [0.29, 0.717) is 18.8 Å². The molecule has 4 amide bonds. The fourth-order valence-electron chi connectivity index (χ4n) is 5.15. The van der Waals surface area contributed by atoms with E-state index in [1.807, 2.05) is 0 Å². The molecular formula is C22H30N4O6S. The Labute approximate surface area is 196 Å². The van der Waals surface area contributed by atoms with Gasteiger partial charge in [-0.15, -0.1) is 11.3 Å². The second kappa shape index (κ2) is 10.5. The lowest BCUT2D eigenvalue weighted by atomic mass is 9.95. The Morgan fingerprint density at radius 2 is 1.85 bits per heavy atom. The van der Waals surface area contributed by atoms with Crippen LogP contribution >= 0.6 is 11.3 Å². The summed E-state index contributed by atoms with van der Waals surface area (Å²) >= 11 is 1.08. The highest BCUT2D eigenvalue weighted by Gasteiger charge is 2.46. The number of amides is 4. The SMILES string of the molecule is COC(=O)Oc1csc(NC(=O)[C@H](CC2CCCC2)N2C(=O)N[C@@H](CC3CCCC3)C2=O)n1. The molecule has 2 aliphatic carbocycles. The number of nitrogens with zero attached hydrogens (tertiary/aromatic N) is 2. The number of hydrogen-bond donors (Lipinski definition) is 2. The number of carbonyl (C=O) groups excluding carboxylic acids is 4. The normalized spacial score (nSPS) is 22.5. The minimum Gasteiger partial charge on any atom is -0.437 e. The van der Waals surface area contributed by atoms with Crippen molar-refractivity contribution in [3.05, 3.63) is 5.38 Å². The zero-order valence-electron chi connectivity index (χ0n) is 18.7. The van der Waals surface area contributed by atoms with Crippen molar-refractivity contribution in [2.75, 3.05) is 12.4 Å². The second-order valence-electron chi connectivity index (χ2n) is 9.03. The molecule has 0 spiro atoms. The second-order valence-corrected chi connectivity index (χ2v) is 9.89. The number of rotatable bonds is 8. The molecule has 0 bridgehead atoms. The molecule has 2 heterocycles. The van der Waals surface area contributed by atoms with Crippen LogP contribution in [0.5, 0.6) is 5.88 Å². The molecule has 2 saturated carbocycles. The molecule has 0 aromatic carbocycles. The number of imide groups is 1. The predicted octanol–water partition coefficient (Wildman–Crippen LogP) is 3.68. The Balaban J connectivity index is 1.47. The average Bonchev–Trinajstić information content (AvgIpc) is 3.58. The quantitative estimate of drug-likeness (QED) is 0.431. The van der Waals surface area contributed by atoms with Gasteiger partial charge in [-0.3, -0.25) is 9.59 Å². The number of thiazole rings is 1. The number of nitrogens with one attached hydrogen (secondary N) is 2. The highest BCUT2D eigenvalue weighted by Crippen LogP contribution is 2.33. The Bertz CT molecular complexity index is 893. The van der Waals surface area contributed by atoms with Crippen molar-refractivity contribution in [2.45, 2.75) is 76.3 Å². The van der Waals surface area contributed by atoms with E-state index in [0.717, 1.165) is 67.6 Å². The van der Waals surface area contributed by atoms with Gasteiger partial charge in [-0.25, -0.2) is 14.5 Å². The van der Waals surface area contributed by atoms with Crippen LogP contribution in [-0.2, 0) is 14.3 Å². The first-order chi connectivity index (χ1) is 15.9. The zero-order chi connectivity index (χ0) is 23.4. The van der Waals surface area contributed by atoms with Crippen LogP contribution in [0.4, 0.5) is 14.7 Å². The number of urea groups is 1. The van der Waals surface area contributed by atoms with Gasteiger partial charge < -0.3 is 20.1 Å². The van der Waals surface area contributed by atoms with E-state index < -0.39 is 30.2 Å². The largest absolute Gasteiger partial charge is 0.514 e. The van der Waals surface area contributed by atoms with E-state index >= 15 is 0 Å². The third-order valence-corrected chi connectivity index (χ3v) is 7.55. The summed E-state index contributed by atoms with van der Waals surface area (Å²) in [4.78, 5) is 55.7. The van der Waals surface area contributed by atoms with Crippen molar-refractivity contribution in [2.24, 2.45) is 11.8 Å². The first kappa shape index (κ1) is 23.5. The first-order valence-corrected chi connectivity index (χ1v) is 12.5. The summed E-state index contributed by atoms with van der Waals surface area (Å²) < 4.78 is 9.30. The Hall–Kier alpha value is -2.69. The minimum absolute atomic E-state index is 0.00103. The van der Waals surface area contributed by atoms with Gasteiger partial charge >= 0.3 is 12.2 Å². The van der Waals surface area contributed by atoms with Gasteiger partial charge in [-0.05, 0) is 24.7 Å². The number of carbonyl (C=O) groups is 4. The maximum absolute atomic E-state index is 13.3. The van der Waals surface area contributed by atoms with Crippen molar-refractivity contribution in [1.82, 2.24) is 15.2 Å². The summed E-state index contributed by atoms with van der Waals surface area (Å²) in [6.45, 7) is 0. The molecule has 1 aliphatic heterocycles. The molecule has 4 rings (SSSR count). The summed E-state index contributed by atoms with van der Waals surface area (Å²) in [5, 5.41) is 7.18. The number of aromatic nitrogens is 1. The predicted molar refractivity (Wildman–Crippen MR) is 120 cm³/mol. The van der Waals surface area contributed by atoms with Gasteiger partial charge in [0.05, 0.1) is 12.5 Å². The van der Waals surface area contributed by atoms with Crippen LogP contribution in [0.3, 0.4) is 0 Å². The summed E-state index contributed by atoms with van der Waals surface area (Å²) in [5.41, 5.74) is 0. The van der Waals surface area contributed by atoms with Crippen molar-refractivity contribution < 1.29 is 28.7 Å². The molecule has 0 radical (unpaired) electrons. The number of ether oxygens (including phenoxy) is 2. The topological polar surface area (TPSA) is 127 Å². The van der Waals surface area contributed by atoms with E-state index in [1.54, 1.807) is 0 Å². The van der Waals surface area contributed by atoms with E-state index in [1.165, 1.54) is 12.5 Å². The number of methoxy groups -OCH3 is 1. The van der Waals surface area contributed by atoms with Crippen LogP contribution in [0.15, 0.2) is 5.38 Å². The molecule has 3 aliphatic rings. The summed E-state index contributed by atoms with van der Waals surface area (Å²) in [6, 6.07) is -1.99. The smallest absolute Gasteiger partial charge is 0.437 e. The van der Waals surface area contributed by atoms with Crippen LogP contribution in [0, 0.1) is 11.8 Å². The van der Waals surface area contributed by atoms with Crippen molar-refractivity contribution in [1.29, 1.82) is 0 Å². The molecule has 2 atom stereocenters. The molecule has 1 saturated heterocycles. The summed E-state index contributed by atoms with van der Waals surface area (Å²) in [5.74, 6) is -0.0690. The highest BCUT2D eigenvalue weighted by molar-refractivity contribution is 7.14. The van der Waals surface area contributed by atoms with Gasteiger partial charge in [0, 0.05) is 0 Å². The molecule has 180 valence electrons. The van der Waals surface area contributed by atoms with Crippen molar-refractivity contribution in [3.63, 3.8) is 0 Å². The van der Waals surface area contributed by atoms with E-state index in [-0.39, 0.29) is 22.8 Å². The molecule has 1 aromatic rings. The molecule has 2 N–H and O–H groups in total. The average molecular weight is 479 g/mol. The van der Waals surface area contributed by atoms with Gasteiger partial charge in [0.1, 0.15) is 12.1 Å². The van der Waals surface area contributed by atoms with Gasteiger partial charge in [0.2, 0.25) is 11.8 Å². The minimum atomic E-state index is -0.914. The lowest BCUT2D eigenvalue weighted by Crippen LogP contribution is -2.48. The Morgan fingerprint density at radius 1 is 1.18 bits per heavy atom. The third kappa shape index (κ3) is 5.63. The van der Waals surface area contributed by atoms with Gasteiger partial charge in [0.15, 0.2) is 5.13 Å². The first-order valence-electron chi connectivity index (χ1n) is 11.6. The fraction of sp³-hybridized carbons (Fsp3) is 0.682. The maximum atomic E-state index is 13.3. The molecule has 0 unspecified atom stereocenters. The van der Waals surface area contributed by atoms with Crippen LogP contribution < -0.4 is 15.4 Å². The van der Waals surface area contributed by atoms with Crippen molar-refractivity contribution >= 4 is 40.5 Å². The van der Waals surface area contributed by atoms with E-state index in [9.17, 15) is 19.2 Å². The lowest BCUT2D eigenvalue weighted by Gasteiger charge is -2.26. The monoisotopic (exact) mass is 478 g/mol. The summed E-state index contributed by atoms with van der Waals surface area (Å²) in [7, 11) is 1.18. The van der Waals surface area contributed by atoms with Gasteiger partial charge in [-0.2, -0.15) is 4.98 Å². The standard InChI is InChI=1S/C22H30N4O6S/c1-31-22(30)32-17-12-33-20(24-17)25-18(27)16(11-14-8-4-5-9-14)26-19(28)15(23-21(26)29)10-13-6-2-3-7-13/h12-16H,2-11H2,1H3,(H,23,29)(H,24,25,27)/t15-,16-/m0/s1. The Morgan fingerprint density at radius 3 is 2.52 bits per heavy atom. The van der Waals surface area contributed by atoms with Gasteiger partial charge in [-0.1, -0.05) is 51.4 Å². The lowest BCUT2D eigenvalue weighted by molar-refractivity contribution is -0.134. The molecule has 33 heavy (non-hydrogen) atoms. The molecule has 3 fully saturated rings. The highest BCUT2D eigenvalue weighted by atomic mass is 32.1. The number of hydrogen-bond acceptors (Lipinski definition) is 8. The van der Waals surface area contributed by atoms with Crippen LogP contribution in [0.1, 0.15) is 64.2 Å². The Kier molecular flexibility index (Phi) is 7.46. The molecule has 1 aromatic heterocycles. The zero-order valence-corrected chi connectivity index (χ0v) is 19.5. The van der Waals surface area contributed by atoms with Gasteiger partial charge in [0.25, 0.3) is 5.91 Å². The summed E-state index contributed by atoms with van der Waals surface area (Å²) in [6.07, 6.45) is 8.74. The van der Waals surface area contributed by atoms with E-state index in [4.69, 9.17) is 4.74 Å². The van der Waals surface area contributed by atoms with E-state index in [2.05, 4.69) is 20.4 Å². The van der Waals surface area contributed by atoms with Crippen LogP contribution in [-0.4, -0.2) is 53.1 Å². The molecule has 10 nitrogen and oxygen atoms in total. The third-order valence-electron chi connectivity index (χ3n) is 6.81. The van der Waals surface area contributed by atoms with Crippen LogP contribution in [0.2, 0.25) is 0 Å².